The van der Waals surface area contributed by atoms with E-state index in [2.05, 4.69) is 15.0 Å². The maximum Gasteiger partial charge on any atom is 0.433 e. The smallest absolute Gasteiger partial charge is 0.299 e. The molecule has 0 saturated carbocycles. The first-order valence-corrected chi connectivity index (χ1v) is 6.25. The highest BCUT2D eigenvalue weighted by Crippen LogP contribution is 2.26. The summed E-state index contributed by atoms with van der Waals surface area (Å²) in [5.41, 5.74) is -0.852. The molecular formula is C14H12F4N4. The van der Waals surface area contributed by atoms with Gasteiger partial charge in [0.05, 0.1) is 12.9 Å². The van der Waals surface area contributed by atoms with Crippen molar-refractivity contribution in [2.24, 2.45) is 4.99 Å². The summed E-state index contributed by atoms with van der Waals surface area (Å²) in [5.74, 6) is -1.52. The lowest BCUT2D eigenvalue weighted by molar-refractivity contribution is -0.141. The van der Waals surface area contributed by atoms with Gasteiger partial charge in [-0.15, -0.1) is 0 Å². The zero-order valence-electron chi connectivity index (χ0n) is 11.3. The Bertz CT molecular complexity index is 635. The van der Waals surface area contributed by atoms with Crippen molar-refractivity contribution in [1.29, 1.82) is 0 Å². The zero-order valence-corrected chi connectivity index (χ0v) is 11.3. The monoisotopic (exact) mass is 312 g/mol. The number of hydrogen-bond acceptors (Lipinski definition) is 3. The van der Waals surface area contributed by atoms with Crippen LogP contribution in [0.15, 0.2) is 60.3 Å². The van der Waals surface area contributed by atoms with E-state index in [4.69, 9.17) is 0 Å². The molecule has 1 aliphatic heterocycles. The summed E-state index contributed by atoms with van der Waals surface area (Å²) in [7, 11) is 0. The molecular weight excluding hydrogens is 300 g/mol. The first-order chi connectivity index (χ1) is 10.4. The normalized spacial score (nSPS) is 20.4. The van der Waals surface area contributed by atoms with Crippen LogP contribution in [0.5, 0.6) is 0 Å². The van der Waals surface area contributed by atoms with Gasteiger partial charge in [-0.1, -0.05) is 6.07 Å². The molecule has 1 aliphatic rings. The summed E-state index contributed by atoms with van der Waals surface area (Å²) in [5, 5.41) is 0. The molecule has 0 aliphatic carbocycles. The van der Waals surface area contributed by atoms with Crippen LogP contribution in [0.3, 0.4) is 0 Å². The minimum atomic E-state index is -4.32. The molecule has 0 aromatic carbocycles. The fourth-order valence-corrected chi connectivity index (χ4v) is 1.66. The standard InChI is InChI=1S/C8H8FN3.C6H4F3N/c9-8(2-1-3-10-6-8)12-5-4-11-7-12;7-6(8,9)5-3-1-2-4-10-5/h1-5,7H,6H2;1-4H. The molecule has 116 valence electrons. The predicted octanol–water partition coefficient (Wildman–Crippen LogP) is 3.25. The van der Waals surface area contributed by atoms with Gasteiger partial charge >= 0.3 is 6.18 Å². The van der Waals surface area contributed by atoms with E-state index in [1.807, 2.05) is 0 Å². The number of hydrogen-bond donors (Lipinski definition) is 0. The Morgan fingerprint density at radius 3 is 2.45 bits per heavy atom. The lowest BCUT2D eigenvalue weighted by Crippen LogP contribution is -2.29. The van der Waals surface area contributed by atoms with Crippen LogP contribution in [0, 0.1) is 0 Å². The van der Waals surface area contributed by atoms with Crippen LogP contribution >= 0.6 is 0 Å². The summed E-state index contributed by atoms with van der Waals surface area (Å²) in [6.45, 7) is 0.125. The van der Waals surface area contributed by atoms with Crippen LogP contribution < -0.4 is 0 Å². The van der Waals surface area contributed by atoms with E-state index < -0.39 is 17.7 Å². The number of dihydropyridines is 1. The fourth-order valence-electron chi connectivity index (χ4n) is 1.66. The molecule has 1 unspecified atom stereocenters. The van der Waals surface area contributed by atoms with Gasteiger partial charge in [0.25, 0.3) is 0 Å². The SMILES string of the molecule is FC(F)(F)c1ccccn1.FC1(n2ccnc2)C=CC=NC1. The van der Waals surface area contributed by atoms with Crippen LogP contribution in [-0.2, 0) is 12.0 Å². The molecule has 0 N–H and O–H groups in total. The maximum absolute atomic E-state index is 13.9. The Kier molecular flexibility index (Phi) is 4.69. The average molecular weight is 312 g/mol. The number of imidazole rings is 1. The highest BCUT2D eigenvalue weighted by Gasteiger charge is 2.31. The second-order valence-corrected chi connectivity index (χ2v) is 4.35. The molecule has 0 bridgehead atoms. The van der Waals surface area contributed by atoms with Gasteiger partial charge in [-0.25, -0.2) is 9.37 Å². The lowest BCUT2D eigenvalue weighted by atomic mass is 10.2. The molecule has 0 fully saturated rings. The zero-order chi connectivity index (χ0) is 16.1. The van der Waals surface area contributed by atoms with E-state index in [0.29, 0.717) is 0 Å². The van der Waals surface area contributed by atoms with Crippen LogP contribution in [0.2, 0.25) is 0 Å². The number of aromatic nitrogens is 3. The molecule has 2 aromatic heterocycles. The Morgan fingerprint density at radius 2 is 2.00 bits per heavy atom. The van der Waals surface area contributed by atoms with Gasteiger partial charge < -0.3 is 0 Å². The van der Waals surface area contributed by atoms with E-state index >= 15 is 0 Å². The topological polar surface area (TPSA) is 43.1 Å². The third-order valence-electron chi connectivity index (χ3n) is 2.75. The predicted molar refractivity (Wildman–Crippen MR) is 73.0 cm³/mol. The number of nitrogens with zero attached hydrogens (tertiary/aromatic N) is 4. The second-order valence-electron chi connectivity index (χ2n) is 4.35. The minimum absolute atomic E-state index is 0.125. The number of allylic oxidation sites excluding steroid dienone is 1. The largest absolute Gasteiger partial charge is 0.433 e. The van der Waals surface area contributed by atoms with Crippen molar-refractivity contribution in [1.82, 2.24) is 14.5 Å². The summed E-state index contributed by atoms with van der Waals surface area (Å²) in [6, 6.07) is 3.67. The Balaban J connectivity index is 0.000000164. The highest BCUT2D eigenvalue weighted by atomic mass is 19.4. The van der Waals surface area contributed by atoms with Gasteiger partial charge in [-0.05, 0) is 24.3 Å². The number of alkyl halides is 4. The van der Waals surface area contributed by atoms with Crippen molar-refractivity contribution in [3.8, 4) is 0 Å². The average Bonchev–Trinajstić information content (AvgIpc) is 3.04. The van der Waals surface area contributed by atoms with Crippen LogP contribution in [0.4, 0.5) is 17.6 Å². The van der Waals surface area contributed by atoms with Crippen LogP contribution in [-0.4, -0.2) is 27.3 Å². The van der Waals surface area contributed by atoms with Crippen LogP contribution in [0.25, 0.3) is 0 Å². The third-order valence-corrected chi connectivity index (χ3v) is 2.75. The molecule has 0 spiro atoms. The van der Waals surface area contributed by atoms with Crippen molar-refractivity contribution < 1.29 is 17.6 Å². The van der Waals surface area contributed by atoms with Crippen molar-refractivity contribution in [3.05, 3.63) is 61.0 Å². The maximum atomic E-state index is 13.9. The van der Waals surface area contributed by atoms with E-state index in [1.165, 1.54) is 29.1 Å². The van der Waals surface area contributed by atoms with Gasteiger partial charge in [0, 0.05) is 24.8 Å². The Hall–Kier alpha value is -2.51. The van der Waals surface area contributed by atoms with Crippen molar-refractivity contribution in [2.75, 3.05) is 6.54 Å². The molecule has 22 heavy (non-hydrogen) atoms. The lowest BCUT2D eigenvalue weighted by Gasteiger charge is -2.22. The Labute approximate surface area is 123 Å². The molecule has 1 atom stereocenters. The summed E-state index contributed by atoms with van der Waals surface area (Å²) in [6.07, 6.45) is 6.05. The molecule has 0 amide bonds. The number of pyridine rings is 1. The highest BCUT2D eigenvalue weighted by molar-refractivity contribution is 5.72. The summed E-state index contributed by atoms with van der Waals surface area (Å²) >= 11 is 0. The van der Waals surface area contributed by atoms with Gasteiger partial charge in [-0.3, -0.25) is 14.5 Å². The molecule has 3 rings (SSSR count). The van der Waals surface area contributed by atoms with Gasteiger partial charge in [0.15, 0.2) is 0 Å². The second kappa shape index (κ2) is 6.50. The van der Waals surface area contributed by atoms with Crippen LogP contribution in [0.1, 0.15) is 5.69 Å². The van der Waals surface area contributed by atoms with Crippen molar-refractivity contribution in [2.45, 2.75) is 12.0 Å². The minimum Gasteiger partial charge on any atom is -0.299 e. The summed E-state index contributed by atoms with van der Waals surface area (Å²) < 4.78 is 50.4. The van der Waals surface area contributed by atoms with Gasteiger partial charge in [0.1, 0.15) is 5.69 Å². The van der Waals surface area contributed by atoms with E-state index in [0.717, 1.165) is 12.3 Å². The molecule has 3 heterocycles. The Morgan fingerprint density at radius 1 is 1.18 bits per heavy atom. The van der Waals surface area contributed by atoms with Gasteiger partial charge in [0.2, 0.25) is 5.79 Å². The molecule has 8 heteroatoms. The quantitative estimate of drug-likeness (QED) is 0.759. The van der Waals surface area contributed by atoms with E-state index in [-0.39, 0.29) is 6.54 Å². The number of rotatable bonds is 1. The van der Waals surface area contributed by atoms with E-state index in [9.17, 15) is 17.6 Å². The number of halogens is 4. The van der Waals surface area contributed by atoms with E-state index in [1.54, 1.807) is 24.7 Å². The van der Waals surface area contributed by atoms with Crippen molar-refractivity contribution >= 4 is 6.21 Å². The third kappa shape index (κ3) is 4.00. The molecule has 0 radical (unpaired) electrons. The first-order valence-electron chi connectivity index (χ1n) is 6.25. The molecule has 2 aromatic rings. The molecule has 0 saturated heterocycles. The van der Waals surface area contributed by atoms with Gasteiger partial charge in [-0.2, -0.15) is 13.2 Å². The number of aliphatic imine (C=N–C) groups is 1. The first kappa shape index (κ1) is 15.9. The molecule has 4 nitrogen and oxygen atoms in total. The fraction of sp³-hybridized carbons (Fsp3) is 0.214. The van der Waals surface area contributed by atoms with Crippen molar-refractivity contribution in [3.63, 3.8) is 0 Å². The summed E-state index contributed by atoms with van der Waals surface area (Å²) in [4.78, 5) is 10.8.